The van der Waals surface area contributed by atoms with E-state index in [1.54, 1.807) is 4.90 Å². The van der Waals surface area contributed by atoms with Crippen molar-refractivity contribution in [2.24, 2.45) is 18.9 Å². The molecule has 0 unspecified atom stereocenters. The van der Waals surface area contributed by atoms with E-state index >= 15 is 0 Å². The van der Waals surface area contributed by atoms with E-state index in [0.29, 0.717) is 18.5 Å². The van der Waals surface area contributed by atoms with Crippen molar-refractivity contribution in [3.8, 4) is 0 Å². The molecule has 2 aromatic carbocycles. The Morgan fingerprint density at radius 1 is 1.06 bits per heavy atom. The molecule has 0 aliphatic carbocycles. The molecule has 6 heteroatoms. The molecule has 1 N–H and O–H groups in total. The summed E-state index contributed by atoms with van der Waals surface area (Å²) in [6.45, 7) is 8.80. The molecule has 2 atom stereocenters. The molecule has 2 heterocycles. The van der Waals surface area contributed by atoms with Crippen LogP contribution in [-0.2, 0) is 18.4 Å². The zero-order valence-corrected chi connectivity index (χ0v) is 19.5. The first-order chi connectivity index (χ1) is 15.3. The minimum absolute atomic E-state index is 0.0646. The highest BCUT2D eigenvalue weighted by Gasteiger charge is 2.38. The van der Waals surface area contributed by atoms with E-state index < -0.39 is 6.04 Å². The van der Waals surface area contributed by atoms with E-state index in [0.717, 1.165) is 22.4 Å². The number of amides is 2. The second kappa shape index (κ2) is 8.77. The first kappa shape index (κ1) is 22.1. The lowest BCUT2D eigenvalue weighted by Crippen LogP contribution is -2.49. The highest BCUT2D eigenvalue weighted by molar-refractivity contribution is 6.01. The van der Waals surface area contributed by atoms with E-state index in [1.807, 2.05) is 55.6 Å². The zero-order valence-electron chi connectivity index (χ0n) is 19.5. The van der Waals surface area contributed by atoms with Crippen LogP contribution in [0.5, 0.6) is 0 Å². The maximum Gasteiger partial charge on any atom is 0.255 e. The largest absolute Gasteiger partial charge is 0.344 e. The van der Waals surface area contributed by atoms with E-state index in [4.69, 9.17) is 4.98 Å². The van der Waals surface area contributed by atoms with Gasteiger partial charge in [0.1, 0.15) is 11.9 Å². The van der Waals surface area contributed by atoms with Gasteiger partial charge in [0.25, 0.3) is 5.91 Å². The molecule has 0 bridgehead atoms. The Morgan fingerprint density at radius 3 is 2.41 bits per heavy atom. The summed E-state index contributed by atoms with van der Waals surface area (Å²) in [7, 11) is 1.98. The Bertz CT molecular complexity index is 1150. The average Bonchev–Trinajstić information content (AvgIpc) is 3.27. The van der Waals surface area contributed by atoms with Gasteiger partial charge in [0.2, 0.25) is 5.91 Å². The summed E-state index contributed by atoms with van der Waals surface area (Å²) in [6.07, 6.45) is 0.610. The van der Waals surface area contributed by atoms with E-state index in [9.17, 15) is 9.59 Å². The second-order valence-electron chi connectivity index (χ2n) is 9.48. The van der Waals surface area contributed by atoms with Gasteiger partial charge in [-0.15, -0.1) is 0 Å². The van der Waals surface area contributed by atoms with Crippen LogP contribution in [0.3, 0.4) is 0 Å². The van der Waals surface area contributed by atoms with Crippen LogP contribution in [0.25, 0.3) is 11.0 Å². The van der Waals surface area contributed by atoms with E-state index in [2.05, 4.69) is 37.6 Å². The maximum atomic E-state index is 13.6. The Kier molecular flexibility index (Phi) is 6.04. The Hall–Kier alpha value is -3.15. The summed E-state index contributed by atoms with van der Waals surface area (Å²) in [5, 5.41) is 3.25. The van der Waals surface area contributed by atoms with Crippen molar-refractivity contribution in [1.82, 2.24) is 19.8 Å². The fraction of sp³-hybridized carbons (Fsp3) is 0.423. The third-order valence-corrected chi connectivity index (χ3v) is 6.29. The van der Waals surface area contributed by atoms with Crippen molar-refractivity contribution in [2.45, 2.75) is 52.7 Å². The van der Waals surface area contributed by atoms with Crippen LogP contribution in [0.1, 0.15) is 61.9 Å². The third-order valence-electron chi connectivity index (χ3n) is 6.29. The summed E-state index contributed by atoms with van der Waals surface area (Å²) in [5.41, 5.74) is 3.62. The van der Waals surface area contributed by atoms with Gasteiger partial charge in [0.05, 0.1) is 17.1 Å². The van der Waals surface area contributed by atoms with Crippen LogP contribution in [0.15, 0.2) is 48.5 Å². The molecule has 1 aliphatic heterocycles. The number of nitrogens with one attached hydrogen (secondary N) is 1. The maximum absolute atomic E-state index is 13.6. The number of hydrogen-bond donors (Lipinski definition) is 1. The molecule has 2 amide bonds. The van der Waals surface area contributed by atoms with E-state index in [1.165, 1.54) is 0 Å². The van der Waals surface area contributed by atoms with Gasteiger partial charge < -0.3 is 14.8 Å². The molecule has 168 valence electrons. The average molecular weight is 433 g/mol. The van der Waals surface area contributed by atoms with Crippen LogP contribution < -0.4 is 5.32 Å². The van der Waals surface area contributed by atoms with E-state index in [-0.39, 0.29) is 29.7 Å². The van der Waals surface area contributed by atoms with Gasteiger partial charge in [0, 0.05) is 19.2 Å². The lowest BCUT2D eigenvalue weighted by Gasteiger charge is -2.31. The van der Waals surface area contributed by atoms with Crippen molar-refractivity contribution in [2.75, 3.05) is 0 Å². The number of para-hydroxylation sites is 2. The molecule has 0 fully saturated rings. The predicted octanol–water partition coefficient (Wildman–Crippen LogP) is 4.46. The molecule has 0 radical (unpaired) electrons. The van der Waals surface area contributed by atoms with Gasteiger partial charge in [-0.05, 0) is 42.0 Å². The topological polar surface area (TPSA) is 67.2 Å². The zero-order chi connectivity index (χ0) is 23.0. The SMILES string of the molecule is CC(C)C[C@H](C(=O)N[C@@H](c1nc2ccccc2n1C)C(C)C)N1Cc2ccccc2C1=O. The first-order valence-corrected chi connectivity index (χ1v) is 11.4. The second-order valence-corrected chi connectivity index (χ2v) is 9.48. The van der Waals surface area contributed by atoms with Gasteiger partial charge in [-0.2, -0.15) is 0 Å². The summed E-state index contributed by atoms with van der Waals surface area (Å²) in [6, 6.07) is 14.8. The number of aromatic nitrogens is 2. The smallest absolute Gasteiger partial charge is 0.255 e. The van der Waals surface area contributed by atoms with Gasteiger partial charge in [-0.3, -0.25) is 9.59 Å². The number of rotatable bonds is 7. The molecular formula is C26H32N4O2. The number of hydrogen-bond acceptors (Lipinski definition) is 3. The minimum atomic E-state index is -0.522. The van der Waals surface area contributed by atoms with Gasteiger partial charge in [0.15, 0.2) is 0 Å². The fourth-order valence-corrected chi connectivity index (χ4v) is 4.57. The molecule has 1 aliphatic rings. The molecule has 4 rings (SSSR count). The van der Waals surface area contributed by atoms with Crippen LogP contribution in [0, 0.1) is 11.8 Å². The Morgan fingerprint density at radius 2 is 1.75 bits per heavy atom. The standard InChI is InChI=1S/C26H32N4O2/c1-16(2)14-22(30-15-18-10-6-7-11-19(18)26(30)32)25(31)28-23(17(3)4)24-27-20-12-8-9-13-21(20)29(24)5/h6-13,16-17,22-23H,14-15H2,1-5H3,(H,28,31)/t22-,23-/m1/s1. The molecule has 32 heavy (non-hydrogen) atoms. The Balaban J connectivity index is 1.63. The molecule has 0 spiro atoms. The summed E-state index contributed by atoms with van der Waals surface area (Å²) in [5.74, 6) is 1.06. The highest BCUT2D eigenvalue weighted by atomic mass is 16.2. The van der Waals surface area contributed by atoms with Crippen molar-refractivity contribution < 1.29 is 9.59 Å². The van der Waals surface area contributed by atoms with Crippen molar-refractivity contribution in [1.29, 1.82) is 0 Å². The number of imidazole rings is 1. The van der Waals surface area contributed by atoms with Crippen molar-refractivity contribution in [3.05, 3.63) is 65.5 Å². The number of nitrogens with zero attached hydrogens (tertiary/aromatic N) is 3. The van der Waals surface area contributed by atoms with Gasteiger partial charge in [-0.25, -0.2) is 4.98 Å². The van der Waals surface area contributed by atoms with Crippen LogP contribution in [0.2, 0.25) is 0 Å². The minimum Gasteiger partial charge on any atom is -0.344 e. The van der Waals surface area contributed by atoms with Crippen LogP contribution in [-0.4, -0.2) is 32.3 Å². The molecule has 0 saturated carbocycles. The first-order valence-electron chi connectivity index (χ1n) is 11.4. The van der Waals surface area contributed by atoms with Gasteiger partial charge in [-0.1, -0.05) is 58.0 Å². The molecule has 0 saturated heterocycles. The quantitative estimate of drug-likeness (QED) is 0.599. The molecule has 1 aromatic heterocycles. The summed E-state index contributed by atoms with van der Waals surface area (Å²) >= 11 is 0. The number of benzene rings is 2. The highest BCUT2D eigenvalue weighted by Crippen LogP contribution is 2.29. The third kappa shape index (κ3) is 4.01. The van der Waals surface area contributed by atoms with Crippen LogP contribution >= 0.6 is 0 Å². The van der Waals surface area contributed by atoms with Crippen molar-refractivity contribution in [3.63, 3.8) is 0 Å². The Labute approximate surface area is 189 Å². The fourth-order valence-electron chi connectivity index (χ4n) is 4.57. The summed E-state index contributed by atoms with van der Waals surface area (Å²) < 4.78 is 2.05. The van der Waals surface area contributed by atoms with Crippen LogP contribution in [0.4, 0.5) is 0 Å². The van der Waals surface area contributed by atoms with Gasteiger partial charge >= 0.3 is 0 Å². The number of fused-ring (bicyclic) bond motifs is 2. The number of carbonyl (C=O) groups is 2. The normalized spacial score (nSPS) is 15.5. The monoisotopic (exact) mass is 432 g/mol. The molecule has 6 nitrogen and oxygen atoms in total. The number of carbonyl (C=O) groups excluding carboxylic acids is 2. The predicted molar refractivity (Wildman–Crippen MR) is 126 cm³/mol. The lowest BCUT2D eigenvalue weighted by molar-refractivity contribution is -0.127. The number of aryl methyl sites for hydroxylation is 1. The molecule has 3 aromatic rings. The van der Waals surface area contributed by atoms with Crippen molar-refractivity contribution >= 4 is 22.8 Å². The molecular weight excluding hydrogens is 400 g/mol. The summed E-state index contributed by atoms with van der Waals surface area (Å²) in [4.78, 5) is 33.3. The lowest BCUT2D eigenvalue weighted by atomic mass is 9.99.